The third kappa shape index (κ3) is 3.09. The van der Waals surface area contributed by atoms with Crippen LogP contribution in [0.15, 0.2) is 12.1 Å². The fourth-order valence-corrected chi connectivity index (χ4v) is 4.85. The van der Waals surface area contributed by atoms with Crippen molar-refractivity contribution < 1.29 is 23.9 Å². The number of carboxylic acid groups (broad SMARTS) is 1. The average molecular weight is 374 g/mol. The van der Waals surface area contributed by atoms with E-state index in [1.807, 2.05) is 0 Å². The number of carboxylic acids is 1. The lowest BCUT2D eigenvalue weighted by Gasteiger charge is -2.47. The Hall–Kier alpha value is -2.44. The van der Waals surface area contributed by atoms with E-state index in [0.29, 0.717) is 31.4 Å². The van der Waals surface area contributed by atoms with E-state index in [1.165, 1.54) is 12.1 Å². The molecule has 0 radical (unpaired) electrons. The summed E-state index contributed by atoms with van der Waals surface area (Å²) in [6.45, 7) is 0.126. The number of hydrogen-bond donors (Lipinski definition) is 2. The van der Waals surface area contributed by atoms with Gasteiger partial charge in [-0.3, -0.25) is 14.4 Å². The van der Waals surface area contributed by atoms with Gasteiger partial charge in [-0.25, -0.2) is 4.39 Å². The second kappa shape index (κ2) is 6.62. The molecule has 2 heterocycles. The SMILES string of the molecule is O=C1CCc2cc(C(=O)N3C[C@H](C(=O)O)CCC34CCCC4)c(F)cc2N1. The van der Waals surface area contributed by atoms with Crippen molar-refractivity contribution in [3.8, 4) is 0 Å². The van der Waals surface area contributed by atoms with E-state index in [1.54, 1.807) is 4.90 Å². The summed E-state index contributed by atoms with van der Waals surface area (Å²) in [6.07, 6.45) is 5.66. The van der Waals surface area contributed by atoms with Crippen molar-refractivity contribution in [1.82, 2.24) is 4.90 Å². The summed E-state index contributed by atoms with van der Waals surface area (Å²) >= 11 is 0. The summed E-state index contributed by atoms with van der Waals surface area (Å²) in [5, 5.41) is 12.1. The van der Waals surface area contributed by atoms with Crippen molar-refractivity contribution in [2.45, 2.75) is 56.9 Å². The first-order valence-corrected chi connectivity index (χ1v) is 9.57. The van der Waals surface area contributed by atoms with Gasteiger partial charge in [-0.05, 0) is 49.8 Å². The highest BCUT2D eigenvalue weighted by Gasteiger charge is 2.47. The molecule has 0 aromatic heterocycles. The summed E-state index contributed by atoms with van der Waals surface area (Å²) in [7, 11) is 0. The second-order valence-corrected chi connectivity index (χ2v) is 7.96. The minimum absolute atomic E-state index is 0.0257. The molecule has 0 unspecified atom stereocenters. The van der Waals surface area contributed by atoms with Crippen LogP contribution in [0.25, 0.3) is 0 Å². The van der Waals surface area contributed by atoms with Crippen molar-refractivity contribution in [2.24, 2.45) is 5.92 Å². The number of hydrogen-bond acceptors (Lipinski definition) is 3. The van der Waals surface area contributed by atoms with Crippen LogP contribution in [-0.2, 0) is 16.0 Å². The topological polar surface area (TPSA) is 86.7 Å². The predicted octanol–water partition coefficient (Wildman–Crippen LogP) is 2.96. The van der Waals surface area contributed by atoms with E-state index < -0.39 is 23.6 Å². The molecule has 2 amide bonds. The van der Waals surface area contributed by atoms with Crippen LogP contribution < -0.4 is 5.32 Å². The highest BCUT2D eigenvalue weighted by atomic mass is 19.1. The van der Waals surface area contributed by atoms with E-state index in [9.17, 15) is 23.9 Å². The summed E-state index contributed by atoms with van der Waals surface area (Å²) in [4.78, 5) is 37.9. The smallest absolute Gasteiger partial charge is 0.308 e. The van der Waals surface area contributed by atoms with Crippen molar-refractivity contribution in [2.75, 3.05) is 11.9 Å². The molecule has 7 heteroatoms. The number of anilines is 1. The molecule has 1 saturated carbocycles. The maximum absolute atomic E-state index is 14.7. The van der Waals surface area contributed by atoms with Gasteiger partial charge >= 0.3 is 5.97 Å². The van der Waals surface area contributed by atoms with E-state index in [2.05, 4.69) is 5.32 Å². The van der Waals surface area contributed by atoms with Gasteiger partial charge in [0, 0.05) is 24.2 Å². The number of rotatable bonds is 2. The number of amides is 2. The molecular formula is C20H23FN2O4. The zero-order chi connectivity index (χ0) is 19.2. The Morgan fingerprint density at radius 2 is 1.93 bits per heavy atom. The van der Waals surface area contributed by atoms with Crippen LogP contribution in [-0.4, -0.2) is 39.9 Å². The molecular weight excluding hydrogens is 351 g/mol. The van der Waals surface area contributed by atoms with Crippen LogP contribution in [0.5, 0.6) is 0 Å². The number of nitrogens with one attached hydrogen (secondary N) is 1. The monoisotopic (exact) mass is 374 g/mol. The molecule has 6 nitrogen and oxygen atoms in total. The number of likely N-dealkylation sites (tertiary alicyclic amines) is 1. The summed E-state index contributed by atoms with van der Waals surface area (Å²) < 4.78 is 14.7. The van der Waals surface area contributed by atoms with Gasteiger partial charge in [-0.2, -0.15) is 0 Å². The Labute approximate surface area is 156 Å². The zero-order valence-corrected chi connectivity index (χ0v) is 15.1. The van der Waals surface area contributed by atoms with Gasteiger partial charge in [-0.1, -0.05) is 12.8 Å². The van der Waals surface area contributed by atoms with Crippen LogP contribution in [0.4, 0.5) is 10.1 Å². The minimum atomic E-state index is -0.908. The maximum atomic E-state index is 14.7. The Bertz CT molecular complexity index is 816. The first-order valence-electron chi connectivity index (χ1n) is 9.57. The third-order valence-corrected chi connectivity index (χ3v) is 6.38. The molecule has 27 heavy (non-hydrogen) atoms. The van der Waals surface area contributed by atoms with Gasteiger partial charge in [0.15, 0.2) is 0 Å². The van der Waals surface area contributed by atoms with E-state index in [-0.39, 0.29) is 23.6 Å². The molecule has 1 aromatic carbocycles. The fraction of sp³-hybridized carbons (Fsp3) is 0.550. The Morgan fingerprint density at radius 1 is 1.19 bits per heavy atom. The molecule has 0 bridgehead atoms. The lowest BCUT2D eigenvalue weighted by molar-refractivity contribution is -0.144. The molecule has 2 aliphatic heterocycles. The first kappa shape index (κ1) is 17.9. The van der Waals surface area contributed by atoms with Crippen molar-refractivity contribution >= 4 is 23.5 Å². The molecule has 1 atom stereocenters. The third-order valence-electron chi connectivity index (χ3n) is 6.38. The minimum Gasteiger partial charge on any atom is -0.481 e. The number of aryl methyl sites for hydroxylation is 1. The number of carbonyl (C=O) groups is 3. The van der Waals surface area contributed by atoms with Crippen LogP contribution in [0.3, 0.4) is 0 Å². The molecule has 1 spiro atoms. The highest BCUT2D eigenvalue weighted by molar-refractivity contribution is 5.98. The predicted molar refractivity (Wildman–Crippen MR) is 95.9 cm³/mol. The molecule has 4 rings (SSSR count). The van der Waals surface area contributed by atoms with Gasteiger partial charge in [0.25, 0.3) is 5.91 Å². The van der Waals surface area contributed by atoms with Gasteiger partial charge < -0.3 is 15.3 Å². The van der Waals surface area contributed by atoms with E-state index in [0.717, 1.165) is 31.2 Å². The van der Waals surface area contributed by atoms with Crippen LogP contribution >= 0.6 is 0 Å². The number of benzene rings is 1. The van der Waals surface area contributed by atoms with Gasteiger partial charge in [0.05, 0.1) is 11.5 Å². The van der Waals surface area contributed by atoms with Crippen molar-refractivity contribution in [3.63, 3.8) is 0 Å². The largest absolute Gasteiger partial charge is 0.481 e. The lowest BCUT2D eigenvalue weighted by Crippen LogP contribution is -2.56. The summed E-state index contributed by atoms with van der Waals surface area (Å²) in [6, 6.07) is 2.74. The van der Waals surface area contributed by atoms with Crippen LogP contribution in [0.1, 0.15) is 60.9 Å². The highest BCUT2D eigenvalue weighted by Crippen LogP contribution is 2.44. The molecule has 2 N–H and O–H groups in total. The van der Waals surface area contributed by atoms with E-state index >= 15 is 0 Å². The molecule has 1 aromatic rings. The summed E-state index contributed by atoms with van der Waals surface area (Å²) in [5.41, 5.74) is 0.784. The Morgan fingerprint density at radius 3 is 2.63 bits per heavy atom. The van der Waals surface area contributed by atoms with Crippen molar-refractivity contribution in [3.05, 3.63) is 29.1 Å². The van der Waals surface area contributed by atoms with Gasteiger partial charge in [0.2, 0.25) is 5.91 Å². The number of nitrogens with zero attached hydrogens (tertiary/aromatic N) is 1. The zero-order valence-electron chi connectivity index (χ0n) is 15.1. The number of piperidine rings is 1. The lowest BCUT2D eigenvalue weighted by atomic mass is 9.80. The molecule has 2 fully saturated rings. The molecule has 3 aliphatic rings. The van der Waals surface area contributed by atoms with Crippen molar-refractivity contribution in [1.29, 1.82) is 0 Å². The molecule has 1 aliphatic carbocycles. The van der Waals surface area contributed by atoms with E-state index in [4.69, 9.17) is 0 Å². The molecule has 144 valence electrons. The Balaban J connectivity index is 1.69. The standard InChI is InChI=1S/C20H23FN2O4/c21-15-10-16-12(3-4-17(24)22-16)9-14(15)18(25)23-11-13(19(26)27)5-8-20(23)6-1-2-7-20/h9-10,13H,1-8,11H2,(H,22,24)(H,26,27)/t13-/m1/s1. The number of halogens is 1. The number of carbonyl (C=O) groups excluding carboxylic acids is 2. The second-order valence-electron chi connectivity index (χ2n) is 7.96. The number of aliphatic carboxylic acids is 1. The van der Waals surface area contributed by atoms with Crippen LogP contribution in [0, 0.1) is 11.7 Å². The maximum Gasteiger partial charge on any atom is 0.308 e. The fourth-order valence-electron chi connectivity index (χ4n) is 4.85. The Kier molecular flexibility index (Phi) is 4.40. The summed E-state index contributed by atoms with van der Waals surface area (Å²) in [5.74, 6) is -2.78. The van der Waals surface area contributed by atoms with Crippen LogP contribution in [0.2, 0.25) is 0 Å². The van der Waals surface area contributed by atoms with Gasteiger partial charge in [-0.15, -0.1) is 0 Å². The molecule has 1 saturated heterocycles. The first-order chi connectivity index (χ1) is 12.9. The van der Waals surface area contributed by atoms with Gasteiger partial charge in [0.1, 0.15) is 5.82 Å². The normalized spacial score (nSPS) is 23.8. The number of fused-ring (bicyclic) bond motifs is 1. The average Bonchev–Trinajstić information content (AvgIpc) is 3.09. The quantitative estimate of drug-likeness (QED) is 0.833.